The van der Waals surface area contributed by atoms with Crippen molar-refractivity contribution in [2.24, 2.45) is 11.8 Å². The van der Waals surface area contributed by atoms with Crippen LogP contribution in [0, 0.1) is 11.8 Å². The number of nitrogens with one attached hydrogen (secondary N) is 1. The lowest BCUT2D eigenvalue weighted by atomic mass is 9.76. The van der Waals surface area contributed by atoms with Crippen LogP contribution in [0.15, 0.2) is 10.5 Å². The maximum atomic E-state index is 9.10. The van der Waals surface area contributed by atoms with E-state index in [9.17, 15) is 0 Å². The van der Waals surface area contributed by atoms with Crippen molar-refractivity contribution in [2.75, 3.05) is 25.4 Å². The van der Waals surface area contributed by atoms with Crippen LogP contribution >= 0.6 is 11.6 Å². The normalized spacial score (nSPS) is 19.2. The van der Waals surface area contributed by atoms with Crippen molar-refractivity contribution in [3.05, 3.63) is 22.5 Å². The number of fused-ring (bicyclic) bond motifs is 1. The highest BCUT2D eigenvalue weighted by molar-refractivity contribution is 6.33. The Morgan fingerprint density at radius 2 is 1.71 bits per heavy atom. The molecule has 3 aliphatic rings. The van der Waals surface area contributed by atoms with Crippen LogP contribution in [0.5, 0.6) is 5.75 Å². The number of carboxylic acids is 2. The zero-order chi connectivity index (χ0) is 24.9. The third-order valence-corrected chi connectivity index (χ3v) is 7.44. The summed E-state index contributed by atoms with van der Waals surface area (Å²) in [6.45, 7) is 2.81. The third-order valence-electron chi connectivity index (χ3n) is 7.13. The predicted molar refractivity (Wildman–Crippen MR) is 129 cm³/mol. The number of aliphatic carboxylic acids is 2. The molecule has 1 aromatic carbocycles. The molecule has 0 bridgehead atoms. The Hall–Kier alpha value is -2.85. The summed E-state index contributed by atoms with van der Waals surface area (Å²) in [5.41, 5.74) is 8.53. The van der Waals surface area contributed by atoms with Crippen LogP contribution in [-0.2, 0) is 16.0 Å². The van der Waals surface area contributed by atoms with E-state index in [0.717, 1.165) is 48.7 Å². The minimum Gasteiger partial charge on any atom is -0.492 e. The number of piperidine rings is 1. The van der Waals surface area contributed by atoms with E-state index in [-0.39, 0.29) is 0 Å². The predicted octanol–water partition coefficient (Wildman–Crippen LogP) is 3.73. The van der Waals surface area contributed by atoms with Gasteiger partial charge < -0.3 is 30.4 Å². The van der Waals surface area contributed by atoms with Crippen LogP contribution in [0.1, 0.15) is 62.3 Å². The molecule has 0 spiro atoms. The van der Waals surface area contributed by atoms with Gasteiger partial charge in [0.15, 0.2) is 0 Å². The van der Waals surface area contributed by atoms with Crippen LogP contribution in [0.4, 0.5) is 5.69 Å². The maximum absolute atomic E-state index is 9.10. The van der Waals surface area contributed by atoms with E-state index in [0.29, 0.717) is 41.0 Å². The Kier molecular flexibility index (Phi) is 8.12. The second-order valence-corrected chi connectivity index (χ2v) is 9.70. The van der Waals surface area contributed by atoms with Crippen molar-refractivity contribution in [3.63, 3.8) is 0 Å². The molecule has 11 heteroatoms. The van der Waals surface area contributed by atoms with E-state index in [4.69, 9.17) is 46.3 Å². The number of nitrogens with zero attached hydrogens (tertiary/aromatic N) is 2. The second kappa shape index (κ2) is 11.3. The van der Waals surface area contributed by atoms with Crippen molar-refractivity contribution in [3.8, 4) is 17.2 Å². The Balaban J connectivity index is 0.000000431. The highest BCUT2D eigenvalue weighted by Gasteiger charge is 2.37. The number of carbonyl (C=O) groups is 2. The van der Waals surface area contributed by atoms with Gasteiger partial charge in [-0.1, -0.05) is 24.4 Å². The summed E-state index contributed by atoms with van der Waals surface area (Å²) in [5, 5.41) is 27.8. The zero-order valence-corrected chi connectivity index (χ0v) is 20.2. The Morgan fingerprint density at radius 3 is 2.37 bits per heavy atom. The van der Waals surface area contributed by atoms with E-state index in [1.165, 1.54) is 38.5 Å². The molecule has 5 rings (SSSR count). The van der Waals surface area contributed by atoms with Crippen LogP contribution in [0.3, 0.4) is 0 Å². The first kappa shape index (κ1) is 25.2. The highest BCUT2D eigenvalue weighted by Crippen LogP contribution is 2.46. The first-order chi connectivity index (χ1) is 16.9. The number of nitrogen functional groups attached to an aromatic ring is 1. The highest BCUT2D eigenvalue weighted by atomic mass is 35.5. The molecule has 5 N–H and O–H groups in total. The van der Waals surface area contributed by atoms with Gasteiger partial charge in [0, 0.05) is 11.5 Å². The lowest BCUT2D eigenvalue weighted by Crippen LogP contribution is -2.33. The molecule has 190 valence electrons. The monoisotopic (exact) mass is 506 g/mol. The van der Waals surface area contributed by atoms with E-state index >= 15 is 0 Å². The largest absolute Gasteiger partial charge is 0.492 e. The fourth-order valence-electron chi connectivity index (χ4n) is 5.48. The number of anilines is 1. The standard InChI is InChI=1S/C22H29ClN4O2.C2H2O4/c23-17-12-16(20-15(19(17)24)6-3-11-28-20)21-26-27-22(29-21)18(13-4-1-2-5-13)14-7-9-25-10-8-14;3-1(4)2(5)6/h12-14,18,25H,1-11,24H2;(H,3,4)(H,5,6). The van der Waals surface area contributed by atoms with Gasteiger partial charge in [-0.05, 0) is 69.5 Å². The summed E-state index contributed by atoms with van der Waals surface area (Å²) in [5.74, 6) is -0.00726. The van der Waals surface area contributed by atoms with E-state index in [1.54, 1.807) is 0 Å². The Labute approximate surface area is 208 Å². The van der Waals surface area contributed by atoms with Gasteiger partial charge in [0.25, 0.3) is 5.89 Å². The van der Waals surface area contributed by atoms with Crippen molar-refractivity contribution >= 4 is 29.2 Å². The van der Waals surface area contributed by atoms with E-state index in [2.05, 4.69) is 15.5 Å². The molecule has 2 aromatic rings. The van der Waals surface area contributed by atoms with Crippen molar-refractivity contribution < 1.29 is 29.0 Å². The molecule has 35 heavy (non-hydrogen) atoms. The molecule has 3 heterocycles. The fraction of sp³-hybridized carbons (Fsp3) is 0.583. The molecule has 1 unspecified atom stereocenters. The molecule has 0 radical (unpaired) electrons. The molecule has 2 fully saturated rings. The number of benzene rings is 1. The number of hydrogen-bond donors (Lipinski definition) is 4. The fourth-order valence-corrected chi connectivity index (χ4v) is 5.70. The van der Waals surface area contributed by atoms with Crippen molar-refractivity contribution in [2.45, 2.75) is 57.3 Å². The molecule has 10 nitrogen and oxygen atoms in total. The summed E-state index contributed by atoms with van der Waals surface area (Å²) in [6, 6.07) is 1.81. The molecule has 1 saturated carbocycles. The lowest BCUT2D eigenvalue weighted by molar-refractivity contribution is -0.159. The van der Waals surface area contributed by atoms with Crippen LogP contribution < -0.4 is 15.8 Å². The molecule has 0 amide bonds. The van der Waals surface area contributed by atoms with Gasteiger partial charge >= 0.3 is 11.9 Å². The minimum atomic E-state index is -1.82. The van der Waals surface area contributed by atoms with Crippen LogP contribution in [0.2, 0.25) is 5.02 Å². The van der Waals surface area contributed by atoms with Gasteiger partial charge in [-0.15, -0.1) is 10.2 Å². The number of hydrogen-bond acceptors (Lipinski definition) is 8. The third kappa shape index (κ3) is 5.70. The maximum Gasteiger partial charge on any atom is 0.414 e. The van der Waals surface area contributed by atoms with Gasteiger partial charge in [0.1, 0.15) is 5.75 Å². The topological polar surface area (TPSA) is 161 Å². The lowest BCUT2D eigenvalue weighted by Gasteiger charge is -2.32. The number of aromatic nitrogens is 2. The average Bonchev–Trinajstić information content (AvgIpc) is 3.56. The van der Waals surface area contributed by atoms with Gasteiger partial charge in [0.2, 0.25) is 5.89 Å². The minimum absolute atomic E-state index is 0.349. The molecule has 1 aromatic heterocycles. The SMILES string of the molecule is Nc1c(Cl)cc(-c2nnc(C(C3CCCC3)C3CCNCC3)o2)c2c1CCCO2.O=C(O)C(=O)O. The summed E-state index contributed by atoms with van der Waals surface area (Å²) in [7, 11) is 0. The Bertz CT molecular complexity index is 1050. The number of nitrogens with two attached hydrogens (primary N) is 1. The summed E-state index contributed by atoms with van der Waals surface area (Å²) in [6.07, 6.45) is 9.28. The van der Waals surface area contributed by atoms with Crippen molar-refractivity contribution in [1.82, 2.24) is 15.5 Å². The first-order valence-electron chi connectivity index (χ1n) is 12.1. The molecule has 1 aliphatic carbocycles. The van der Waals surface area contributed by atoms with Gasteiger partial charge in [0.05, 0.1) is 22.9 Å². The van der Waals surface area contributed by atoms with Crippen LogP contribution in [-0.4, -0.2) is 52.0 Å². The van der Waals surface area contributed by atoms with Crippen LogP contribution in [0.25, 0.3) is 11.5 Å². The molecular weight excluding hydrogens is 476 g/mol. The first-order valence-corrected chi connectivity index (χ1v) is 12.5. The smallest absolute Gasteiger partial charge is 0.414 e. The van der Waals surface area contributed by atoms with E-state index in [1.807, 2.05) is 6.07 Å². The summed E-state index contributed by atoms with van der Waals surface area (Å²) in [4.78, 5) is 18.2. The summed E-state index contributed by atoms with van der Waals surface area (Å²) < 4.78 is 12.3. The van der Waals surface area contributed by atoms with Gasteiger partial charge in [-0.3, -0.25) is 0 Å². The number of ether oxygens (including phenoxy) is 1. The molecular formula is C24H31ClN4O6. The second-order valence-electron chi connectivity index (χ2n) is 9.29. The van der Waals surface area contributed by atoms with Gasteiger partial charge in [-0.2, -0.15) is 0 Å². The quantitative estimate of drug-likeness (QED) is 0.355. The Morgan fingerprint density at radius 1 is 1.06 bits per heavy atom. The number of rotatable bonds is 4. The number of carboxylic acid groups (broad SMARTS) is 2. The zero-order valence-electron chi connectivity index (χ0n) is 19.5. The number of halogens is 1. The molecule has 2 aliphatic heterocycles. The summed E-state index contributed by atoms with van der Waals surface area (Å²) >= 11 is 6.42. The average molecular weight is 507 g/mol. The van der Waals surface area contributed by atoms with Crippen molar-refractivity contribution in [1.29, 1.82) is 0 Å². The molecule has 1 saturated heterocycles. The van der Waals surface area contributed by atoms with E-state index < -0.39 is 11.9 Å². The molecule has 1 atom stereocenters. The van der Waals surface area contributed by atoms with Gasteiger partial charge in [-0.25, -0.2) is 9.59 Å².